The molecule has 0 radical (unpaired) electrons. The number of amides is 2. The second-order valence-corrected chi connectivity index (χ2v) is 16.3. The lowest BCUT2D eigenvalue weighted by Gasteiger charge is -2.23. The number of aromatic hydroxyl groups is 1. The van der Waals surface area contributed by atoms with Crippen LogP contribution in [-0.2, 0) is 33.8 Å². The second-order valence-electron chi connectivity index (χ2n) is 16.3. The normalized spacial score (nSPS) is 13.1. The second kappa shape index (κ2) is 19.4. The van der Waals surface area contributed by atoms with E-state index >= 15 is 0 Å². The van der Waals surface area contributed by atoms with Crippen molar-refractivity contribution in [3.8, 4) is 23.0 Å². The van der Waals surface area contributed by atoms with Crippen LogP contribution in [0, 0.1) is 11.6 Å². The fourth-order valence-electron chi connectivity index (χ4n) is 7.86. The average Bonchev–Trinajstić information content (AvgIpc) is 4.20. The Morgan fingerprint density at radius 1 is 0.732 bits per heavy atom. The molecule has 1 aliphatic carbocycles. The first-order valence-electron chi connectivity index (χ1n) is 22.0. The monoisotopic (exact) mass is 966 g/mol. The lowest BCUT2D eigenvalue weighted by Crippen LogP contribution is -2.34. The van der Waals surface area contributed by atoms with Crippen molar-refractivity contribution in [2.24, 2.45) is 0 Å². The standard InChI is InChI=1S/C28H21FN2O7.C23H19FN4O5/c1-2-36-28(35)21-25(37-15-17-6-4-3-5-7-17)22-23-24(38-20(27(33)34)14-31(23)26(21)32)18(13-30-22)12-16-8-10-19(29)11-9-16;1-25-22(31)16-19(29)17-18-20(12(9-26-17)8-11-2-4-13(24)5-3-11)33-15(10-28(18)23(16)32)21(30)27-14-6-7-14/h3-11,13-14H,2,12,15H2,1H3,(H,33,34);2-5,9-10,14,29H,6-8H2,1H3,(H,25,31)(H,27,30). The summed E-state index contributed by atoms with van der Waals surface area (Å²) in [7, 11) is 1.33. The SMILES string of the molecule is CCOC(=O)c1c(OCc2ccccc2)c2ncc(Cc3ccc(F)cc3)c3c2n(c1=O)C=C(C(=O)O)O3.CNC(=O)c1c(O)c2ncc(Cc3ccc(F)cc3)c3c2n(c1=O)C=C(C(=O)NC1CC1)O3. The van der Waals surface area contributed by atoms with Gasteiger partial charge in [0.15, 0.2) is 28.6 Å². The van der Waals surface area contributed by atoms with Gasteiger partial charge in [0, 0.05) is 49.5 Å². The van der Waals surface area contributed by atoms with Gasteiger partial charge in [-0.25, -0.2) is 18.4 Å². The molecule has 7 aromatic rings. The van der Waals surface area contributed by atoms with E-state index in [0.29, 0.717) is 16.7 Å². The summed E-state index contributed by atoms with van der Waals surface area (Å²) >= 11 is 0. The fourth-order valence-corrected chi connectivity index (χ4v) is 7.86. The van der Waals surface area contributed by atoms with E-state index in [-0.39, 0.29) is 83.0 Å². The number of hydrogen-bond acceptors (Lipinski definition) is 13. The molecule has 20 heteroatoms. The highest BCUT2D eigenvalue weighted by molar-refractivity contribution is 6.05. The number of halogens is 2. The van der Waals surface area contributed by atoms with Crippen LogP contribution < -0.4 is 36.0 Å². The third-order valence-corrected chi connectivity index (χ3v) is 11.5. The van der Waals surface area contributed by atoms with E-state index in [1.807, 2.05) is 30.3 Å². The minimum atomic E-state index is -1.41. The highest BCUT2D eigenvalue weighted by Gasteiger charge is 2.34. The van der Waals surface area contributed by atoms with Crippen molar-refractivity contribution >= 4 is 58.2 Å². The van der Waals surface area contributed by atoms with Gasteiger partial charge in [-0.15, -0.1) is 0 Å². The third kappa shape index (κ3) is 9.37. The van der Waals surface area contributed by atoms with Crippen LogP contribution in [0.2, 0.25) is 0 Å². The number of hydrogen-bond donors (Lipinski definition) is 4. The van der Waals surface area contributed by atoms with Gasteiger partial charge in [0.25, 0.3) is 22.9 Å². The third-order valence-electron chi connectivity index (χ3n) is 11.5. The van der Waals surface area contributed by atoms with Crippen LogP contribution in [0.1, 0.15) is 68.3 Å². The number of benzene rings is 3. The van der Waals surface area contributed by atoms with Gasteiger partial charge in [0.2, 0.25) is 11.5 Å². The number of carbonyl (C=O) groups excluding carboxylic acids is 3. The van der Waals surface area contributed by atoms with Gasteiger partial charge in [-0.05, 0) is 60.7 Å². The molecule has 1 saturated carbocycles. The number of esters is 1. The van der Waals surface area contributed by atoms with Gasteiger partial charge < -0.3 is 39.8 Å². The van der Waals surface area contributed by atoms with E-state index in [4.69, 9.17) is 18.9 Å². The number of aromatic nitrogens is 4. The van der Waals surface area contributed by atoms with Crippen molar-refractivity contribution in [3.63, 3.8) is 0 Å². The lowest BCUT2D eigenvalue weighted by molar-refractivity contribution is -0.135. The van der Waals surface area contributed by atoms with Gasteiger partial charge in [0.1, 0.15) is 45.9 Å². The number of ether oxygens (including phenoxy) is 4. The van der Waals surface area contributed by atoms with E-state index in [2.05, 4.69) is 20.6 Å². The summed E-state index contributed by atoms with van der Waals surface area (Å²) < 4.78 is 51.6. The minimum absolute atomic E-state index is 0.00302. The van der Waals surface area contributed by atoms with Crippen LogP contribution in [0.4, 0.5) is 8.78 Å². The number of carboxylic acid groups (broad SMARTS) is 1. The molecular formula is C51H40F2N6O12. The quantitative estimate of drug-likeness (QED) is 0.0997. The van der Waals surface area contributed by atoms with Gasteiger partial charge in [-0.1, -0.05) is 54.6 Å². The molecule has 2 amide bonds. The molecule has 3 aliphatic rings. The predicted octanol–water partition coefficient (Wildman–Crippen LogP) is 5.82. The lowest BCUT2D eigenvalue weighted by atomic mass is 10.0. The Morgan fingerprint density at radius 2 is 1.27 bits per heavy atom. The molecule has 4 N–H and O–H groups in total. The molecular weight excluding hydrogens is 927 g/mol. The van der Waals surface area contributed by atoms with Crippen LogP contribution >= 0.6 is 0 Å². The number of aliphatic carboxylic acids is 1. The Labute approximate surface area is 400 Å². The van der Waals surface area contributed by atoms with Crippen molar-refractivity contribution < 1.29 is 57.1 Å². The van der Waals surface area contributed by atoms with Crippen molar-refractivity contribution in [1.82, 2.24) is 29.7 Å². The summed E-state index contributed by atoms with van der Waals surface area (Å²) in [5, 5.41) is 25.5. The van der Waals surface area contributed by atoms with Crippen LogP contribution in [0.25, 0.3) is 34.5 Å². The van der Waals surface area contributed by atoms with Gasteiger partial charge in [-0.2, -0.15) is 0 Å². The van der Waals surface area contributed by atoms with Gasteiger partial charge >= 0.3 is 11.9 Å². The molecule has 0 atom stereocenters. The van der Waals surface area contributed by atoms with E-state index in [1.54, 1.807) is 31.2 Å². The Hall–Kier alpha value is -9.20. The maximum atomic E-state index is 13.6. The van der Waals surface area contributed by atoms with E-state index in [1.165, 1.54) is 49.9 Å². The molecule has 0 bridgehead atoms. The van der Waals surface area contributed by atoms with Crippen LogP contribution in [0.15, 0.2) is 112 Å². The maximum Gasteiger partial charge on any atom is 0.373 e. The van der Waals surface area contributed by atoms with Crippen molar-refractivity contribution in [2.75, 3.05) is 13.7 Å². The molecule has 360 valence electrons. The van der Waals surface area contributed by atoms with Crippen LogP contribution in [-0.4, -0.2) is 72.8 Å². The van der Waals surface area contributed by atoms with Gasteiger partial charge in [0.05, 0.1) is 19.0 Å². The Morgan fingerprint density at radius 3 is 1.82 bits per heavy atom. The summed E-state index contributed by atoms with van der Waals surface area (Å²) in [6, 6.07) is 20.8. The largest absolute Gasteiger partial charge is 0.505 e. The average molecular weight is 967 g/mol. The molecule has 0 saturated heterocycles. The van der Waals surface area contributed by atoms with Crippen molar-refractivity contribution in [3.05, 3.63) is 174 Å². The zero-order chi connectivity index (χ0) is 50.1. The Bertz CT molecular complexity index is 3520. The molecule has 3 aromatic carbocycles. The molecule has 71 heavy (non-hydrogen) atoms. The molecule has 18 nitrogen and oxygen atoms in total. The van der Waals surface area contributed by atoms with Gasteiger partial charge in [-0.3, -0.25) is 38.3 Å². The zero-order valence-electron chi connectivity index (χ0n) is 37.7. The zero-order valence-corrected chi connectivity index (χ0v) is 37.7. The van der Waals surface area contributed by atoms with E-state index in [9.17, 15) is 47.8 Å². The predicted molar refractivity (Wildman–Crippen MR) is 251 cm³/mol. The first kappa shape index (κ1) is 46.9. The smallest absolute Gasteiger partial charge is 0.373 e. The molecule has 0 unspecified atom stereocenters. The molecule has 2 aliphatic heterocycles. The first-order chi connectivity index (χ1) is 34.2. The number of pyridine rings is 4. The van der Waals surface area contributed by atoms with Crippen molar-refractivity contribution in [1.29, 1.82) is 0 Å². The molecule has 6 heterocycles. The fraction of sp³-hybridized carbons (Fsp3) is 0.176. The van der Waals surface area contributed by atoms with E-state index < -0.39 is 63.3 Å². The number of nitrogens with zero attached hydrogens (tertiary/aromatic N) is 4. The maximum absolute atomic E-state index is 13.6. The summed E-state index contributed by atoms with van der Waals surface area (Å²) in [4.78, 5) is 85.4. The Balaban J connectivity index is 0.000000177. The van der Waals surface area contributed by atoms with Crippen LogP contribution in [0.3, 0.4) is 0 Å². The molecule has 4 aromatic heterocycles. The number of carbonyl (C=O) groups is 4. The van der Waals surface area contributed by atoms with E-state index in [0.717, 1.165) is 39.3 Å². The number of carboxylic acids is 1. The summed E-state index contributed by atoms with van der Waals surface area (Å²) in [5.41, 5.74) is 0.981. The van der Waals surface area contributed by atoms with Crippen molar-refractivity contribution in [2.45, 2.75) is 45.3 Å². The Kier molecular flexibility index (Phi) is 12.8. The summed E-state index contributed by atoms with van der Waals surface area (Å²) in [6.07, 6.45) is 7.27. The molecule has 0 spiro atoms. The highest BCUT2D eigenvalue weighted by Crippen LogP contribution is 2.40. The number of rotatable bonds is 13. The first-order valence-corrected chi connectivity index (χ1v) is 22.0. The summed E-state index contributed by atoms with van der Waals surface area (Å²) in [6.45, 7) is 1.62. The highest BCUT2D eigenvalue weighted by atomic mass is 19.1. The topological polar surface area (TPSA) is 240 Å². The molecule has 10 rings (SSSR count). The number of nitrogens with one attached hydrogen (secondary N) is 2. The molecule has 1 fully saturated rings. The summed E-state index contributed by atoms with van der Waals surface area (Å²) in [5.74, 6) is -5.53. The minimum Gasteiger partial charge on any atom is -0.505 e. The van der Waals surface area contributed by atoms with Crippen LogP contribution in [0.5, 0.6) is 23.0 Å².